The monoisotopic (exact) mass is 510 g/mol. The summed E-state index contributed by atoms with van der Waals surface area (Å²) in [5.74, 6) is 1.67. The summed E-state index contributed by atoms with van der Waals surface area (Å²) in [6.07, 6.45) is 9.62. The minimum absolute atomic E-state index is 0. The Morgan fingerprint density at radius 2 is 1.86 bits per heavy atom. The normalized spacial score (nSPS) is 20.8. The van der Waals surface area contributed by atoms with Gasteiger partial charge in [0.05, 0.1) is 12.2 Å². The fraction of sp³-hybridized carbons (Fsp3) is 0.952. The van der Waals surface area contributed by atoms with Crippen LogP contribution in [0.25, 0.3) is 0 Å². The lowest BCUT2D eigenvalue weighted by Crippen LogP contribution is -2.40. The molecule has 166 valence electrons. The van der Waals surface area contributed by atoms with Gasteiger partial charge in [0.25, 0.3) is 0 Å². The summed E-state index contributed by atoms with van der Waals surface area (Å²) in [4.78, 5) is 7.17. The van der Waals surface area contributed by atoms with Gasteiger partial charge < -0.3 is 25.4 Å². The van der Waals surface area contributed by atoms with Crippen molar-refractivity contribution >= 4 is 29.9 Å². The quantitative estimate of drug-likeness (QED) is 0.173. The maximum absolute atomic E-state index is 9.58. The number of piperidine rings is 1. The molecule has 1 aliphatic carbocycles. The van der Waals surface area contributed by atoms with Crippen molar-refractivity contribution in [1.82, 2.24) is 15.5 Å². The van der Waals surface area contributed by atoms with Crippen LogP contribution < -0.4 is 10.6 Å². The van der Waals surface area contributed by atoms with Gasteiger partial charge in [0.2, 0.25) is 0 Å². The highest BCUT2D eigenvalue weighted by Crippen LogP contribution is 2.30. The molecule has 7 heteroatoms. The number of likely N-dealkylation sites (tertiary alicyclic amines) is 1. The van der Waals surface area contributed by atoms with Crippen molar-refractivity contribution in [2.75, 3.05) is 45.9 Å². The van der Waals surface area contributed by atoms with Gasteiger partial charge in [-0.2, -0.15) is 0 Å². The highest BCUT2D eigenvalue weighted by atomic mass is 127. The number of hydrogen-bond acceptors (Lipinski definition) is 4. The second-order valence-corrected chi connectivity index (χ2v) is 7.94. The van der Waals surface area contributed by atoms with E-state index in [9.17, 15) is 5.11 Å². The van der Waals surface area contributed by atoms with Gasteiger partial charge in [-0.3, -0.25) is 4.99 Å². The summed E-state index contributed by atoms with van der Waals surface area (Å²) in [6, 6.07) is 0. The van der Waals surface area contributed by atoms with E-state index in [0.717, 1.165) is 83.4 Å². The Bertz CT molecular complexity index is 411. The summed E-state index contributed by atoms with van der Waals surface area (Å²) in [5.41, 5.74) is 0. The van der Waals surface area contributed by atoms with Crippen molar-refractivity contribution in [3.63, 3.8) is 0 Å². The first-order valence-corrected chi connectivity index (χ1v) is 11.3. The molecule has 0 radical (unpaired) electrons. The third-order valence-electron chi connectivity index (χ3n) is 5.83. The first-order valence-electron chi connectivity index (χ1n) is 11.3. The van der Waals surface area contributed by atoms with Crippen molar-refractivity contribution < 1.29 is 9.84 Å². The van der Waals surface area contributed by atoms with E-state index in [0.29, 0.717) is 6.10 Å². The first-order chi connectivity index (χ1) is 13.2. The molecule has 0 amide bonds. The predicted molar refractivity (Wildman–Crippen MR) is 128 cm³/mol. The molecule has 1 saturated carbocycles. The second-order valence-electron chi connectivity index (χ2n) is 7.94. The molecule has 0 bridgehead atoms. The number of aliphatic hydroxyl groups is 1. The number of hydrogen-bond donors (Lipinski definition) is 3. The van der Waals surface area contributed by atoms with Gasteiger partial charge in [-0.25, -0.2) is 0 Å². The summed E-state index contributed by atoms with van der Waals surface area (Å²) in [7, 11) is 0. The van der Waals surface area contributed by atoms with Gasteiger partial charge >= 0.3 is 0 Å². The zero-order valence-corrected chi connectivity index (χ0v) is 20.3. The molecule has 1 unspecified atom stereocenters. The Hall–Kier alpha value is -0.120. The Balaban J connectivity index is 0.00000392. The number of rotatable bonds is 11. The molecule has 1 heterocycles. The highest BCUT2D eigenvalue weighted by molar-refractivity contribution is 14.0. The smallest absolute Gasteiger partial charge is 0.191 e. The molecule has 28 heavy (non-hydrogen) atoms. The number of halogens is 1. The van der Waals surface area contributed by atoms with E-state index in [1.165, 1.54) is 25.7 Å². The average molecular weight is 511 g/mol. The molecule has 3 N–H and O–H groups in total. The number of aliphatic imine (C=N–C) groups is 1. The Labute approximate surface area is 189 Å². The summed E-state index contributed by atoms with van der Waals surface area (Å²) >= 11 is 0. The van der Waals surface area contributed by atoms with Crippen molar-refractivity contribution in [2.24, 2.45) is 10.9 Å². The van der Waals surface area contributed by atoms with Crippen LogP contribution in [0.15, 0.2) is 4.99 Å². The maximum atomic E-state index is 9.58. The van der Waals surface area contributed by atoms with Gasteiger partial charge in [-0.1, -0.05) is 12.8 Å². The third-order valence-corrected chi connectivity index (χ3v) is 5.83. The topological polar surface area (TPSA) is 69.1 Å². The van der Waals surface area contributed by atoms with Crippen LogP contribution in [0, 0.1) is 5.92 Å². The van der Waals surface area contributed by atoms with E-state index >= 15 is 0 Å². The Morgan fingerprint density at radius 3 is 2.50 bits per heavy atom. The number of nitrogens with one attached hydrogen (secondary N) is 2. The van der Waals surface area contributed by atoms with Crippen molar-refractivity contribution in [3.05, 3.63) is 0 Å². The standard InChI is InChI=1S/C21H42N4O2.HI/c1-3-22-21(23-13-7-15-25-16-11-19(26)12-17-25)24-14-10-20(27-4-2)18-8-5-6-9-18;/h18-20,26H,3-17H2,1-2H3,(H2,22,23,24);1H. The molecule has 2 aliphatic rings. The highest BCUT2D eigenvalue weighted by Gasteiger charge is 2.25. The SMILES string of the molecule is CCNC(=NCCCN1CCC(O)CC1)NCCC(OCC)C1CCCC1.I. The van der Waals surface area contributed by atoms with Crippen LogP contribution in [0.2, 0.25) is 0 Å². The molecule has 1 aliphatic heterocycles. The number of nitrogens with zero attached hydrogens (tertiary/aromatic N) is 2. The lowest BCUT2D eigenvalue weighted by molar-refractivity contribution is 0.0169. The zero-order valence-electron chi connectivity index (χ0n) is 18.0. The molecular formula is C21H43IN4O2. The molecule has 2 rings (SSSR count). The van der Waals surface area contributed by atoms with Crippen molar-refractivity contribution in [1.29, 1.82) is 0 Å². The van der Waals surface area contributed by atoms with E-state index in [4.69, 9.17) is 9.73 Å². The summed E-state index contributed by atoms with van der Waals surface area (Å²) in [6.45, 7) is 10.8. The lowest BCUT2D eigenvalue weighted by atomic mass is 9.98. The summed E-state index contributed by atoms with van der Waals surface area (Å²) < 4.78 is 6.02. The van der Waals surface area contributed by atoms with Gasteiger partial charge in [0.1, 0.15) is 0 Å². The molecule has 1 saturated heterocycles. The van der Waals surface area contributed by atoms with E-state index < -0.39 is 0 Å². The van der Waals surface area contributed by atoms with Gasteiger partial charge in [0, 0.05) is 39.3 Å². The average Bonchev–Trinajstić information content (AvgIpc) is 3.20. The number of aliphatic hydroxyl groups excluding tert-OH is 1. The van der Waals surface area contributed by atoms with Gasteiger partial charge in [-0.05, 0) is 64.8 Å². The molecule has 0 spiro atoms. The Morgan fingerprint density at radius 1 is 1.14 bits per heavy atom. The fourth-order valence-corrected chi connectivity index (χ4v) is 4.30. The molecule has 6 nitrogen and oxygen atoms in total. The van der Waals surface area contributed by atoms with Crippen LogP contribution in [0.3, 0.4) is 0 Å². The van der Waals surface area contributed by atoms with Crippen LogP contribution in [-0.2, 0) is 4.74 Å². The van der Waals surface area contributed by atoms with E-state index in [-0.39, 0.29) is 30.1 Å². The molecule has 0 aromatic heterocycles. The number of ether oxygens (including phenoxy) is 1. The van der Waals surface area contributed by atoms with Crippen LogP contribution in [0.4, 0.5) is 0 Å². The van der Waals surface area contributed by atoms with E-state index in [1.807, 2.05) is 0 Å². The van der Waals surface area contributed by atoms with Crippen LogP contribution in [-0.4, -0.2) is 74.0 Å². The first kappa shape index (κ1) is 25.9. The maximum Gasteiger partial charge on any atom is 0.191 e. The third kappa shape index (κ3) is 10.1. The number of guanidine groups is 1. The minimum Gasteiger partial charge on any atom is -0.393 e. The minimum atomic E-state index is -0.0893. The van der Waals surface area contributed by atoms with E-state index in [2.05, 4.69) is 29.4 Å². The lowest BCUT2D eigenvalue weighted by Gasteiger charge is -2.29. The second kappa shape index (κ2) is 15.7. The van der Waals surface area contributed by atoms with E-state index in [1.54, 1.807) is 0 Å². The molecule has 0 aromatic carbocycles. The Kier molecular flexibility index (Phi) is 14.5. The molecule has 0 aromatic rings. The van der Waals surface area contributed by atoms with Crippen molar-refractivity contribution in [2.45, 2.75) is 77.4 Å². The van der Waals surface area contributed by atoms with Gasteiger partial charge in [0.15, 0.2) is 5.96 Å². The van der Waals surface area contributed by atoms with Crippen molar-refractivity contribution in [3.8, 4) is 0 Å². The molecular weight excluding hydrogens is 467 g/mol. The zero-order chi connectivity index (χ0) is 19.3. The fourth-order valence-electron chi connectivity index (χ4n) is 4.30. The largest absolute Gasteiger partial charge is 0.393 e. The molecule has 2 fully saturated rings. The van der Waals surface area contributed by atoms with Crippen LogP contribution in [0.5, 0.6) is 0 Å². The van der Waals surface area contributed by atoms with Gasteiger partial charge in [-0.15, -0.1) is 24.0 Å². The predicted octanol–water partition coefficient (Wildman–Crippen LogP) is 2.99. The summed E-state index contributed by atoms with van der Waals surface area (Å²) in [5, 5.41) is 16.4. The van der Waals surface area contributed by atoms with Crippen LogP contribution in [0.1, 0.15) is 65.2 Å². The molecule has 1 atom stereocenters. The van der Waals surface area contributed by atoms with Crippen LogP contribution >= 0.6 is 24.0 Å².